The molecule has 142 valence electrons. The van der Waals surface area contributed by atoms with E-state index in [1.807, 2.05) is 44.2 Å². The Morgan fingerprint density at radius 1 is 1.14 bits per heavy atom. The fourth-order valence-electron chi connectivity index (χ4n) is 2.96. The van der Waals surface area contributed by atoms with Crippen molar-refractivity contribution in [3.05, 3.63) is 70.5 Å². The van der Waals surface area contributed by atoms with Crippen LogP contribution < -0.4 is 10.6 Å². The molecule has 0 aliphatic carbocycles. The number of amides is 1. The molecule has 0 bridgehead atoms. The number of aromatic nitrogens is 3. The minimum Gasteiger partial charge on any atom is -0.467 e. The molecule has 28 heavy (non-hydrogen) atoms. The minimum atomic E-state index is -0.138. The standard InChI is InChI=1S/C20H19N5O2S/c1-12-5-3-6-14(25-12)9-22-19(26)17-13(2)16-18(23-11-24-20(16)28-17)21-10-15-7-4-8-27-15/h3-8,11H,9-10H2,1-2H3,(H,22,26)(H,21,23,24). The highest BCUT2D eigenvalue weighted by Crippen LogP contribution is 2.33. The zero-order valence-corrected chi connectivity index (χ0v) is 16.3. The number of aryl methyl sites for hydroxylation is 2. The van der Waals surface area contributed by atoms with Crippen LogP contribution in [0.3, 0.4) is 0 Å². The van der Waals surface area contributed by atoms with Crippen LogP contribution in [0.2, 0.25) is 0 Å². The van der Waals surface area contributed by atoms with E-state index in [0.717, 1.165) is 32.9 Å². The fourth-order valence-corrected chi connectivity index (χ4v) is 4.02. The number of rotatable bonds is 6. The Labute approximate surface area is 165 Å². The normalized spacial score (nSPS) is 10.9. The van der Waals surface area contributed by atoms with Crippen molar-refractivity contribution in [1.29, 1.82) is 0 Å². The van der Waals surface area contributed by atoms with Gasteiger partial charge in [-0.05, 0) is 43.7 Å². The molecule has 4 aromatic heterocycles. The first kappa shape index (κ1) is 18.1. The van der Waals surface area contributed by atoms with E-state index in [2.05, 4.69) is 25.6 Å². The number of carbonyl (C=O) groups is 1. The molecule has 0 spiro atoms. The number of nitrogens with one attached hydrogen (secondary N) is 2. The van der Waals surface area contributed by atoms with Crippen LogP contribution in [-0.4, -0.2) is 20.9 Å². The molecule has 4 aromatic rings. The summed E-state index contributed by atoms with van der Waals surface area (Å²) in [5.41, 5.74) is 2.61. The summed E-state index contributed by atoms with van der Waals surface area (Å²) in [5.74, 6) is 1.36. The molecule has 4 heterocycles. The Morgan fingerprint density at radius 3 is 2.82 bits per heavy atom. The van der Waals surface area contributed by atoms with E-state index in [-0.39, 0.29) is 5.91 Å². The molecule has 7 nitrogen and oxygen atoms in total. The predicted molar refractivity (Wildman–Crippen MR) is 108 cm³/mol. The SMILES string of the molecule is Cc1cccc(CNC(=O)c2sc3ncnc(NCc4ccco4)c3c2C)n1. The van der Waals surface area contributed by atoms with Crippen molar-refractivity contribution in [2.75, 3.05) is 5.32 Å². The summed E-state index contributed by atoms with van der Waals surface area (Å²) in [5, 5.41) is 7.07. The van der Waals surface area contributed by atoms with Gasteiger partial charge in [-0.3, -0.25) is 9.78 Å². The number of furan rings is 1. The summed E-state index contributed by atoms with van der Waals surface area (Å²) < 4.78 is 5.35. The van der Waals surface area contributed by atoms with Gasteiger partial charge in [0.25, 0.3) is 5.91 Å². The second-order valence-electron chi connectivity index (χ2n) is 6.34. The van der Waals surface area contributed by atoms with Crippen LogP contribution in [0.1, 0.15) is 32.4 Å². The quantitative estimate of drug-likeness (QED) is 0.517. The molecule has 8 heteroatoms. The van der Waals surface area contributed by atoms with Crippen LogP contribution in [0.5, 0.6) is 0 Å². The van der Waals surface area contributed by atoms with E-state index >= 15 is 0 Å². The molecule has 0 fully saturated rings. The van der Waals surface area contributed by atoms with Crippen LogP contribution in [0, 0.1) is 13.8 Å². The number of thiophene rings is 1. The molecule has 4 rings (SSSR count). The Balaban J connectivity index is 1.55. The van der Waals surface area contributed by atoms with Crippen molar-refractivity contribution in [2.24, 2.45) is 0 Å². The maximum Gasteiger partial charge on any atom is 0.262 e. The van der Waals surface area contributed by atoms with E-state index in [1.54, 1.807) is 6.26 Å². The zero-order chi connectivity index (χ0) is 19.5. The summed E-state index contributed by atoms with van der Waals surface area (Å²) in [6.07, 6.45) is 3.13. The van der Waals surface area contributed by atoms with E-state index in [4.69, 9.17) is 4.42 Å². The zero-order valence-electron chi connectivity index (χ0n) is 15.5. The molecule has 0 saturated carbocycles. The van der Waals surface area contributed by atoms with E-state index in [1.165, 1.54) is 17.7 Å². The second-order valence-corrected chi connectivity index (χ2v) is 7.34. The number of anilines is 1. The van der Waals surface area contributed by atoms with Gasteiger partial charge in [0.1, 0.15) is 22.7 Å². The van der Waals surface area contributed by atoms with Gasteiger partial charge in [-0.25, -0.2) is 9.97 Å². The van der Waals surface area contributed by atoms with Gasteiger partial charge in [0.2, 0.25) is 0 Å². The van der Waals surface area contributed by atoms with Gasteiger partial charge in [0.15, 0.2) is 0 Å². The van der Waals surface area contributed by atoms with Gasteiger partial charge >= 0.3 is 0 Å². The summed E-state index contributed by atoms with van der Waals surface area (Å²) >= 11 is 1.36. The van der Waals surface area contributed by atoms with Crippen molar-refractivity contribution in [1.82, 2.24) is 20.3 Å². The first-order chi connectivity index (χ1) is 13.6. The summed E-state index contributed by atoms with van der Waals surface area (Å²) in [6.45, 7) is 4.73. The van der Waals surface area contributed by atoms with Gasteiger partial charge in [-0.2, -0.15) is 0 Å². The number of nitrogens with zero attached hydrogens (tertiary/aromatic N) is 3. The number of hydrogen-bond acceptors (Lipinski definition) is 7. The van der Waals surface area contributed by atoms with Crippen molar-refractivity contribution in [2.45, 2.75) is 26.9 Å². The van der Waals surface area contributed by atoms with Crippen LogP contribution in [0.4, 0.5) is 5.82 Å². The van der Waals surface area contributed by atoms with Gasteiger partial charge in [-0.15, -0.1) is 11.3 Å². The van der Waals surface area contributed by atoms with E-state index in [9.17, 15) is 4.79 Å². The van der Waals surface area contributed by atoms with Crippen molar-refractivity contribution < 1.29 is 9.21 Å². The average molecular weight is 393 g/mol. The van der Waals surface area contributed by atoms with Crippen LogP contribution in [0.15, 0.2) is 47.3 Å². The fraction of sp³-hybridized carbons (Fsp3) is 0.200. The molecule has 0 aliphatic heterocycles. The van der Waals surface area contributed by atoms with Crippen molar-refractivity contribution in [3.8, 4) is 0 Å². The summed E-state index contributed by atoms with van der Waals surface area (Å²) in [6, 6.07) is 9.49. The number of pyridine rings is 1. The molecular formula is C20H19N5O2S. The Bertz CT molecular complexity index is 1120. The van der Waals surface area contributed by atoms with Crippen LogP contribution >= 0.6 is 11.3 Å². The van der Waals surface area contributed by atoms with Gasteiger partial charge in [0, 0.05) is 5.69 Å². The number of hydrogen-bond donors (Lipinski definition) is 2. The van der Waals surface area contributed by atoms with E-state index < -0.39 is 0 Å². The second kappa shape index (κ2) is 7.77. The summed E-state index contributed by atoms with van der Waals surface area (Å²) in [7, 11) is 0. The Morgan fingerprint density at radius 2 is 2.04 bits per heavy atom. The third kappa shape index (κ3) is 3.72. The highest BCUT2D eigenvalue weighted by Gasteiger charge is 2.19. The molecule has 0 aliphatic rings. The lowest BCUT2D eigenvalue weighted by Gasteiger charge is -2.06. The molecule has 0 unspecified atom stereocenters. The first-order valence-electron chi connectivity index (χ1n) is 8.83. The number of carbonyl (C=O) groups excluding carboxylic acids is 1. The lowest BCUT2D eigenvalue weighted by molar-refractivity contribution is 0.0954. The third-order valence-corrected chi connectivity index (χ3v) is 5.52. The topological polar surface area (TPSA) is 92.9 Å². The third-order valence-electron chi connectivity index (χ3n) is 4.32. The smallest absolute Gasteiger partial charge is 0.262 e. The van der Waals surface area contributed by atoms with Crippen molar-refractivity contribution in [3.63, 3.8) is 0 Å². The van der Waals surface area contributed by atoms with Crippen LogP contribution in [-0.2, 0) is 13.1 Å². The highest BCUT2D eigenvalue weighted by atomic mass is 32.1. The average Bonchev–Trinajstić information content (AvgIpc) is 3.33. The highest BCUT2D eigenvalue weighted by molar-refractivity contribution is 7.20. The molecule has 0 radical (unpaired) electrons. The number of fused-ring (bicyclic) bond motifs is 1. The Kier molecular flexibility index (Phi) is 5.03. The molecule has 0 atom stereocenters. The molecule has 2 N–H and O–H groups in total. The molecule has 0 saturated heterocycles. The maximum absolute atomic E-state index is 12.7. The Hall–Kier alpha value is -3.26. The first-order valence-corrected chi connectivity index (χ1v) is 9.64. The van der Waals surface area contributed by atoms with Gasteiger partial charge in [0.05, 0.1) is 35.3 Å². The lowest BCUT2D eigenvalue weighted by atomic mass is 10.2. The monoisotopic (exact) mass is 393 g/mol. The molecular weight excluding hydrogens is 374 g/mol. The molecule has 0 aromatic carbocycles. The minimum absolute atomic E-state index is 0.138. The summed E-state index contributed by atoms with van der Waals surface area (Å²) in [4.78, 5) is 27.2. The molecule has 1 amide bonds. The maximum atomic E-state index is 12.7. The van der Waals surface area contributed by atoms with Crippen molar-refractivity contribution >= 4 is 33.3 Å². The van der Waals surface area contributed by atoms with Gasteiger partial charge in [-0.1, -0.05) is 6.07 Å². The van der Waals surface area contributed by atoms with E-state index in [0.29, 0.717) is 23.8 Å². The van der Waals surface area contributed by atoms with Gasteiger partial charge < -0.3 is 15.1 Å². The largest absolute Gasteiger partial charge is 0.467 e. The lowest BCUT2D eigenvalue weighted by Crippen LogP contribution is -2.23. The van der Waals surface area contributed by atoms with Crippen LogP contribution in [0.25, 0.3) is 10.2 Å². The predicted octanol–water partition coefficient (Wildman–Crippen LogP) is 3.84.